The fraction of sp³-hybridized carbons (Fsp3) is 0.200. The van der Waals surface area contributed by atoms with Gasteiger partial charge in [-0.05, 0) is 43.7 Å². The van der Waals surface area contributed by atoms with E-state index in [4.69, 9.17) is 4.42 Å². The first kappa shape index (κ1) is 17.5. The molecule has 0 amide bonds. The third-order valence-electron chi connectivity index (χ3n) is 4.12. The van der Waals surface area contributed by atoms with Gasteiger partial charge < -0.3 is 4.42 Å². The number of furan rings is 1. The summed E-state index contributed by atoms with van der Waals surface area (Å²) in [5, 5.41) is 0. The second kappa shape index (κ2) is 7.25. The van der Waals surface area contributed by atoms with E-state index in [-0.39, 0.29) is 17.4 Å². The van der Waals surface area contributed by atoms with Crippen molar-refractivity contribution in [2.75, 3.05) is 6.54 Å². The second-order valence-corrected chi connectivity index (χ2v) is 7.84. The van der Waals surface area contributed by atoms with Crippen LogP contribution in [0.25, 0.3) is 0 Å². The van der Waals surface area contributed by atoms with Gasteiger partial charge in [-0.3, -0.25) is 0 Å². The SMILES string of the molecule is Cc1ccc(S(=O)(=O)NCC(c2ccccc2)c2ccc(C)o2)cc1. The van der Waals surface area contributed by atoms with E-state index in [1.54, 1.807) is 24.3 Å². The van der Waals surface area contributed by atoms with Crippen LogP contribution in [0.5, 0.6) is 0 Å². The molecule has 3 rings (SSSR count). The molecule has 0 bridgehead atoms. The number of rotatable bonds is 6. The molecule has 1 atom stereocenters. The lowest BCUT2D eigenvalue weighted by Crippen LogP contribution is -2.29. The van der Waals surface area contributed by atoms with Crippen LogP contribution in [0.15, 0.2) is 76.0 Å². The zero-order valence-corrected chi connectivity index (χ0v) is 15.1. The summed E-state index contributed by atoms with van der Waals surface area (Å²) in [6.07, 6.45) is 0. The van der Waals surface area contributed by atoms with E-state index >= 15 is 0 Å². The molecular formula is C20H21NO3S. The van der Waals surface area contributed by atoms with E-state index in [2.05, 4.69) is 4.72 Å². The van der Waals surface area contributed by atoms with Crippen molar-refractivity contribution in [3.05, 3.63) is 89.4 Å². The molecule has 4 nitrogen and oxygen atoms in total. The van der Waals surface area contributed by atoms with E-state index in [0.717, 1.165) is 22.6 Å². The Hall–Kier alpha value is -2.37. The molecule has 0 fully saturated rings. The first-order chi connectivity index (χ1) is 12.0. The van der Waals surface area contributed by atoms with E-state index in [1.165, 1.54) is 0 Å². The number of benzene rings is 2. The summed E-state index contributed by atoms with van der Waals surface area (Å²) in [4.78, 5) is 0.264. The smallest absolute Gasteiger partial charge is 0.240 e. The summed E-state index contributed by atoms with van der Waals surface area (Å²) in [5.74, 6) is 1.36. The summed E-state index contributed by atoms with van der Waals surface area (Å²) in [6, 6.07) is 20.4. The Morgan fingerprint density at radius 3 is 2.20 bits per heavy atom. The van der Waals surface area contributed by atoms with Gasteiger partial charge in [0.2, 0.25) is 10.0 Å². The Bertz CT molecular complexity index is 929. The standard InChI is InChI=1S/C20H21NO3S/c1-15-8-11-18(12-9-15)25(22,23)21-14-19(17-6-4-3-5-7-17)20-13-10-16(2)24-20/h3-13,19,21H,14H2,1-2H3. The molecule has 5 heteroatoms. The molecule has 2 aromatic carbocycles. The van der Waals surface area contributed by atoms with Gasteiger partial charge in [-0.1, -0.05) is 48.0 Å². The van der Waals surface area contributed by atoms with E-state index < -0.39 is 10.0 Å². The second-order valence-electron chi connectivity index (χ2n) is 6.08. The topological polar surface area (TPSA) is 59.3 Å². The van der Waals surface area contributed by atoms with Gasteiger partial charge in [0.25, 0.3) is 0 Å². The highest BCUT2D eigenvalue weighted by Gasteiger charge is 2.21. The Kier molecular flexibility index (Phi) is 5.06. The average Bonchev–Trinajstić information content (AvgIpc) is 3.02. The van der Waals surface area contributed by atoms with Crippen molar-refractivity contribution in [2.24, 2.45) is 0 Å². The summed E-state index contributed by atoms with van der Waals surface area (Å²) in [5.41, 5.74) is 2.02. The predicted octanol–water partition coefficient (Wildman–Crippen LogP) is 4.01. The lowest BCUT2D eigenvalue weighted by molar-refractivity contribution is 0.460. The number of aryl methyl sites for hydroxylation is 2. The number of sulfonamides is 1. The third kappa shape index (κ3) is 4.18. The third-order valence-corrected chi connectivity index (χ3v) is 5.55. The molecule has 0 aliphatic heterocycles. The molecule has 1 heterocycles. The lowest BCUT2D eigenvalue weighted by Gasteiger charge is -2.16. The monoisotopic (exact) mass is 355 g/mol. The zero-order chi connectivity index (χ0) is 17.9. The maximum Gasteiger partial charge on any atom is 0.240 e. The zero-order valence-electron chi connectivity index (χ0n) is 14.3. The van der Waals surface area contributed by atoms with Crippen molar-refractivity contribution in [3.63, 3.8) is 0 Å². The van der Waals surface area contributed by atoms with Crippen molar-refractivity contribution < 1.29 is 12.8 Å². The molecule has 0 spiro atoms. The Labute approximate surface area is 148 Å². The van der Waals surface area contributed by atoms with Crippen molar-refractivity contribution >= 4 is 10.0 Å². The van der Waals surface area contributed by atoms with E-state index in [9.17, 15) is 8.42 Å². The number of hydrogen-bond acceptors (Lipinski definition) is 3. The highest BCUT2D eigenvalue weighted by atomic mass is 32.2. The maximum absolute atomic E-state index is 12.6. The van der Waals surface area contributed by atoms with Gasteiger partial charge in [0.05, 0.1) is 10.8 Å². The summed E-state index contributed by atoms with van der Waals surface area (Å²) >= 11 is 0. The van der Waals surface area contributed by atoms with Crippen molar-refractivity contribution in [3.8, 4) is 0 Å². The predicted molar refractivity (Wildman–Crippen MR) is 98.1 cm³/mol. The average molecular weight is 355 g/mol. The van der Waals surface area contributed by atoms with Crippen molar-refractivity contribution in [1.29, 1.82) is 0 Å². The molecule has 0 radical (unpaired) electrons. The molecule has 1 aromatic heterocycles. The molecule has 130 valence electrons. The van der Waals surface area contributed by atoms with Crippen LogP contribution in [0.3, 0.4) is 0 Å². The van der Waals surface area contributed by atoms with Crippen molar-refractivity contribution in [1.82, 2.24) is 4.72 Å². The molecule has 0 aliphatic rings. The first-order valence-electron chi connectivity index (χ1n) is 8.13. The van der Waals surface area contributed by atoms with Gasteiger partial charge in [0.15, 0.2) is 0 Å². The van der Waals surface area contributed by atoms with Crippen LogP contribution in [-0.2, 0) is 10.0 Å². The Balaban J connectivity index is 1.85. The van der Waals surface area contributed by atoms with Gasteiger partial charge in [-0.15, -0.1) is 0 Å². The van der Waals surface area contributed by atoms with Crippen molar-refractivity contribution in [2.45, 2.75) is 24.7 Å². The summed E-state index contributed by atoms with van der Waals surface area (Å²) in [6.45, 7) is 4.03. The highest BCUT2D eigenvalue weighted by molar-refractivity contribution is 7.89. The van der Waals surface area contributed by atoms with Gasteiger partial charge in [0, 0.05) is 6.54 Å². The van der Waals surface area contributed by atoms with Crippen LogP contribution in [0.1, 0.15) is 28.6 Å². The van der Waals surface area contributed by atoms with Gasteiger partial charge in [-0.25, -0.2) is 13.1 Å². The van der Waals surface area contributed by atoms with Crippen LogP contribution in [0.2, 0.25) is 0 Å². The number of hydrogen-bond donors (Lipinski definition) is 1. The molecule has 3 aromatic rings. The molecule has 0 aliphatic carbocycles. The van der Waals surface area contributed by atoms with Gasteiger partial charge in [-0.2, -0.15) is 0 Å². The minimum absolute atomic E-state index is 0.185. The fourth-order valence-electron chi connectivity index (χ4n) is 2.70. The minimum Gasteiger partial charge on any atom is -0.466 e. The van der Waals surface area contributed by atoms with Crippen LogP contribution in [-0.4, -0.2) is 15.0 Å². The Morgan fingerprint density at radius 2 is 1.60 bits per heavy atom. The maximum atomic E-state index is 12.6. The van der Waals surface area contributed by atoms with Crippen LogP contribution < -0.4 is 4.72 Å². The molecule has 0 saturated heterocycles. The van der Waals surface area contributed by atoms with E-state index in [1.807, 2.05) is 56.3 Å². The van der Waals surface area contributed by atoms with E-state index in [0.29, 0.717) is 0 Å². The molecular weight excluding hydrogens is 334 g/mol. The highest BCUT2D eigenvalue weighted by Crippen LogP contribution is 2.26. The molecule has 1 unspecified atom stereocenters. The van der Waals surface area contributed by atoms with Crippen LogP contribution >= 0.6 is 0 Å². The fourth-order valence-corrected chi connectivity index (χ4v) is 3.75. The first-order valence-corrected chi connectivity index (χ1v) is 9.61. The molecule has 1 N–H and O–H groups in total. The normalized spacial score (nSPS) is 12.9. The quantitative estimate of drug-likeness (QED) is 0.727. The van der Waals surface area contributed by atoms with Gasteiger partial charge in [0.1, 0.15) is 11.5 Å². The van der Waals surface area contributed by atoms with Gasteiger partial charge >= 0.3 is 0 Å². The molecule has 25 heavy (non-hydrogen) atoms. The largest absolute Gasteiger partial charge is 0.466 e. The summed E-state index contributed by atoms with van der Waals surface area (Å²) in [7, 11) is -3.57. The molecule has 0 saturated carbocycles. The Morgan fingerprint density at radius 1 is 0.920 bits per heavy atom. The minimum atomic E-state index is -3.57. The summed E-state index contributed by atoms with van der Waals surface area (Å²) < 4.78 is 33.6. The lowest BCUT2D eigenvalue weighted by atomic mass is 9.97. The van der Waals surface area contributed by atoms with Crippen LogP contribution in [0.4, 0.5) is 0 Å². The van der Waals surface area contributed by atoms with Crippen LogP contribution in [0, 0.1) is 13.8 Å². The number of nitrogens with one attached hydrogen (secondary N) is 1.